The summed E-state index contributed by atoms with van der Waals surface area (Å²) in [5.74, 6) is 0.508. The van der Waals surface area contributed by atoms with Crippen molar-refractivity contribution in [2.45, 2.75) is 33.1 Å². The van der Waals surface area contributed by atoms with Crippen LogP contribution in [0, 0.1) is 0 Å². The molecule has 1 atom stereocenters. The van der Waals surface area contributed by atoms with Crippen LogP contribution in [0.2, 0.25) is 0 Å². The summed E-state index contributed by atoms with van der Waals surface area (Å²) in [7, 11) is 0. The molecule has 2 amide bonds. The quantitative estimate of drug-likeness (QED) is 0.795. The van der Waals surface area contributed by atoms with Gasteiger partial charge in [-0.05, 0) is 42.2 Å². The molecule has 2 aromatic carbocycles. The Balaban J connectivity index is 1.92. The SMILES string of the molecule is CCC(C)c1ccc(NC(=O)COc2ccccc2NC(C)=O)cc1. The summed E-state index contributed by atoms with van der Waals surface area (Å²) in [6, 6.07) is 14.8. The summed E-state index contributed by atoms with van der Waals surface area (Å²) in [6.45, 7) is 5.61. The molecule has 0 bridgehead atoms. The minimum atomic E-state index is -0.256. The van der Waals surface area contributed by atoms with E-state index in [2.05, 4.69) is 24.5 Å². The number of hydrogen-bond donors (Lipinski definition) is 2. The first-order valence-electron chi connectivity index (χ1n) is 8.38. The molecule has 5 nitrogen and oxygen atoms in total. The molecule has 1 unspecified atom stereocenters. The van der Waals surface area contributed by atoms with Gasteiger partial charge in [-0.3, -0.25) is 9.59 Å². The number of nitrogens with one attached hydrogen (secondary N) is 2. The summed E-state index contributed by atoms with van der Waals surface area (Å²) < 4.78 is 5.52. The van der Waals surface area contributed by atoms with E-state index in [0.29, 0.717) is 17.4 Å². The predicted octanol–water partition coefficient (Wildman–Crippen LogP) is 4.18. The Hall–Kier alpha value is -2.82. The van der Waals surface area contributed by atoms with Crippen molar-refractivity contribution in [2.24, 2.45) is 0 Å². The van der Waals surface area contributed by atoms with Crippen molar-refractivity contribution >= 4 is 23.2 Å². The van der Waals surface area contributed by atoms with Crippen LogP contribution in [0.3, 0.4) is 0 Å². The molecule has 0 spiro atoms. The summed E-state index contributed by atoms with van der Waals surface area (Å²) >= 11 is 0. The van der Waals surface area contributed by atoms with E-state index in [-0.39, 0.29) is 18.4 Å². The summed E-state index contributed by atoms with van der Waals surface area (Å²) in [5.41, 5.74) is 2.53. The molecular weight excluding hydrogens is 316 g/mol. The maximum absolute atomic E-state index is 12.1. The molecule has 0 radical (unpaired) electrons. The van der Waals surface area contributed by atoms with E-state index < -0.39 is 0 Å². The third-order valence-corrected chi connectivity index (χ3v) is 3.93. The van der Waals surface area contributed by atoms with Crippen LogP contribution in [-0.4, -0.2) is 18.4 Å². The minimum Gasteiger partial charge on any atom is -0.482 e. The molecule has 0 saturated heterocycles. The summed E-state index contributed by atoms with van der Waals surface area (Å²) in [4.78, 5) is 23.3. The van der Waals surface area contributed by atoms with Crippen LogP contribution in [0.1, 0.15) is 38.7 Å². The number of hydrogen-bond acceptors (Lipinski definition) is 3. The first kappa shape index (κ1) is 18.5. The second-order valence-corrected chi connectivity index (χ2v) is 5.95. The van der Waals surface area contributed by atoms with Crippen LogP contribution >= 0.6 is 0 Å². The highest BCUT2D eigenvalue weighted by molar-refractivity contribution is 5.92. The van der Waals surface area contributed by atoms with Gasteiger partial charge in [-0.1, -0.05) is 38.1 Å². The van der Waals surface area contributed by atoms with Gasteiger partial charge in [0.2, 0.25) is 5.91 Å². The molecule has 0 fully saturated rings. The molecule has 2 rings (SSSR count). The van der Waals surface area contributed by atoms with E-state index in [1.807, 2.05) is 24.3 Å². The van der Waals surface area contributed by atoms with E-state index in [1.165, 1.54) is 12.5 Å². The van der Waals surface area contributed by atoms with Crippen molar-refractivity contribution in [3.63, 3.8) is 0 Å². The fraction of sp³-hybridized carbons (Fsp3) is 0.300. The molecule has 132 valence electrons. The highest BCUT2D eigenvalue weighted by Gasteiger charge is 2.09. The number of carbonyl (C=O) groups excluding carboxylic acids is 2. The van der Waals surface area contributed by atoms with Gasteiger partial charge in [0, 0.05) is 12.6 Å². The van der Waals surface area contributed by atoms with Gasteiger partial charge in [0.25, 0.3) is 5.91 Å². The van der Waals surface area contributed by atoms with Crippen molar-refractivity contribution < 1.29 is 14.3 Å². The van der Waals surface area contributed by atoms with Crippen LogP contribution < -0.4 is 15.4 Å². The molecule has 2 N–H and O–H groups in total. The lowest BCUT2D eigenvalue weighted by atomic mass is 9.99. The maximum Gasteiger partial charge on any atom is 0.262 e. The molecule has 0 aromatic heterocycles. The van der Waals surface area contributed by atoms with Crippen LogP contribution in [0.4, 0.5) is 11.4 Å². The highest BCUT2D eigenvalue weighted by Crippen LogP contribution is 2.24. The molecule has 0 aliphatic rings. The number of carbonyl (C=O) groups is 2. The number of rotatable bonds is 7. The summed E-state index contributed by atoms with van der Waals surface area (Å²) in [5, 5.41) is 5.48. The average molecular weight is 340 g/mol. The van der Waals surface area contributed by atoms with Crippen molar-refractivity contribution in [1.82, 2.24) is 0 Å². The molecule has 5 heteroatoms. The first-order chi connectivity index (χ1) is 12.0. The molecule has 0 aliphatic carbocycles. The average Bonchev–Trinajstić information content (AvgIpc) is 2.60. The van der Waals surface area contributed by atoms with Gasteiger partial charge in [0.1, 0.15) is 5.75 Å². The zero-order valence-corrected chi connectivity index (χ0v) is 14.8. The molecular formula is C20H24N2O3. The van der Waals surface area contributed by atoms with E-state index >= 15 is 0 Å². The second-order valence-electron chi connectivity index (χ2n) is 5.95. The Bertz CT molecular complexity index is 726. The monoisotopic (exact) mass is 340 g/mol. The lowest BCUT2D eigenvalue weighted by Gasteiger charge is -2.12. The van der Waals surface area contributed by atoms with Crippen LogP contribution in [0.25, 0.3) is 0 Å². The van der Waals surface area contributed by atoms with E-state index in [1.54, 1.807) is 24.3 Å². The first-order valence-corrected chi connectivity index (χ1v) is 8.38. The van der Waals surface area contributed by atoms with Gasteiger partial charge < -0.3 is 15.4 Å². The number of amides is 2. The largest absolute Gasteiger partial charge is 0.482 e. The Morgan fingerprint density at radius 2 is 1.72 bits per heavy atom. The Kier molecular flexibility index (Phi) is 6.57. The molecule has 0 heterocycles. The topological polar surface area (TPSA) is 67.4 Å². The zero-order chi connectivity index (χ0) is 18.2. The Labute approximate surface area is 148 Å². The van der Waals surface area contributed by atoms with Crippen molar-refractivity contribution in [3.8, 4) is 5.75 Å². The van der Waals surface area contributed by atoms with E-state index in [9.17, 15) is 9.59 Å². The third-order valence-electron chi connectivity index (χ3n) is 3.93. The number of benzene rings is 2. The zero-order valence-electron chi connectivity index (χ0n) is 14.8. The lowest BCUT2D eigenvalue weighted by Crippen LogP contribution is -2.20. The van der Waals surface area contributed by atoms with Crippen LogP contribution in [0.5, 0.6) is 5.75 Å². The molecule has 0 saturated carbocycles. The normalized spacial score (nSPS) is 11.5. The molecule has 25 heavy (non-hydrogen) atoms. The van der Waals surface area contributed by atoms with Crippen molar-refractivity contribution in [3.05, 3.63) is 54.1 Å². The Morgan fingerprint density at radius 3 is 2.36 bits per heavy atom. The third kappa shape index (κ3) is 5.64. The predicted molar refractivity (Wildman–Crippen MR) is 100 cm³/mol. The standard InChI is InChI=1S/C20H24N2O3/c1-4-14(2)16-9-11-17(12-10-16)22-20(24)13-25-19-8-6-5-7-18(19)21-15(3)23/h5-12,14H,4,13H2,1-3H3,(H,21,23)(H,22,24). The van der Waals surface area contributed by atoms with Gasteiger partial charge in [0.05, 0.1) is 5.69 Å². The highest BCUT2D eigenvalue weighted by atomic mass is 16.5. The van der Waals surface area contributed by atoms with Crippen LogP contribution in [0.15, 0.2) is 48.5 Å². The van der Waals surface area contributed by atoms with E-state index in [4.69, 9.17) is 4.74 Å². The van der Waals surface area contributed by atoms with Gasteiger partial charge in [0.15, 0.2) is 6.61 Å². The van der Waals surface area contributed by atoms with Gasteiger partial charge in [-0.15, -0.1) is 0 Å². The fourth-order valence-electron chi connectivity index (χ4n) is 2.36. The maximum atomic E-state index is 12.1. The van der Waals surface area contributed by atoms with Gasteiger partial charge in [-0.25, -0.2) is 0 Å². The minimum absolute atomic E-state index is 0.135. The molecule has 2 aromatic rings. The number of anilines is 2. The lowest BCUT2D eigenvalue weighted by molar-refractivity contribution is -0.118. The van der Waals surface area contributed by atoms with Crippen LogP contribution in [-0.2, 0) is 9.59 Å². The fourth-order valence-corrected chi connectivity index (χ4v) is 2.36. The van der Waals surface area contributed by atoms with Crippen molar-refractivity contribution in [1.29, 1.82) is 0 Å². The Morgan fingerprint density at radius 1 is 1.04 bits per heavy atom. The number of ether oxygens (including phenoxy) is 1. The molecule has 0 aliphatic heterocycles. The van der Waals surface area contributed by atoms with Gasteiger partial charge in [-0.2, -0.15) is 0 Å². The van der Waals surface area contributed by atoms with Gasteiger partial charge >= 0.3 is 0 Å². The number of para-hydroxylation sites is 2. The smallest absolute Gasteiger partial charge is 0.262 e. The summed E-state index contributed by atoms with van der Waals surface area (Å²) in [6.07, 6.45) is 1.08. The van der Waals surface area contributed by atoms with Crippen molar-refractivity contribution in [2.75, 3.05) is 17.2 Å². The van der Waals surface area contributed by atoms with E-state index in [0.717, 1.165) is 12.1 Å². The second kappa shape index (κ2) is 8.87.